The molecule has 0 heterocycles. The summed E-state index contributed by atoms with van der Waals surface area (Å²) in [6, 6.07) is 9.12. The summed E-state index contributed by atoms with van der Waals surface area (Å²) in [6.45, 7) is 6.45. The Morgan fingerprint density at radius 3 is 2.40 bits per heavy atom. The quantitative estimate of drug-likeness (QED) is 0.445. The summed E-state index contributed by atoms with van der Waals surface area (Å²) in [5.41, 5.74) is -4.45. The molecule has 4 aliphatic rings. The normalized spacial score (nSPS) is 41.1. The summed E-state index contributed by atoms with van der Waals surface area (Å²) >= 11 is 0. The fourth-order valence-corrected chi connectivity index (χ4v) is 7.37. The van der Waals surface area contributed by atoms with Crippen LogP contribution in [0.5, 0.6) is 0 Å². The standard InChI is InChI=1S/C28H32O7/c1-15-10-20-26(33,23(15)31)13-18(14-29)11-19-22-25(3,4)28(22,24(32)16(2)27(19,20)34)35-21(30)12-17-8-6-5-7-9-17/h5-11,16,19-20,22,29,33-34H,12-14H2,1-4H3/t16-,19+,20-,22-,26-,27-,28-/m1/s1. The minimum Gasteiger partial charge on any atom is -0.450 e. The third-order valence-corrected chi connectivity index (χ3v) is 9.20. The van der Waals surface area contributed by atoms with Gasteiger partial charge >= 0.3 is 5.97 Å². The number of carbonyl (C=O) groups excluding carboxylic acids is 3. The van der Waals surface area contributed by atoms with Crippen LogP contribution < -0.4 is 0 Å². The lowest BCUT2D eigenvalue weighted by atomic mass is 9.59. The molecule has 3 N–H and O–H groups in total. The average Bonchev–Trinajstić information content (AvgIpc) is 3.24. The summed E-state index contributed by atoms with van der Waals surface area (Å²) in [5.74, 6) is -4.78. The van der Waals surface area contributed by atoms with Gasteiger partial charge in [0, 0.05) is 35.5 Å². The van der Waals surface area contributed by atoms with Crippen molar-refractivity contribution in [3.05, 3.63) is 59.2 Å². The molecule has 35 heavy (non-hydrogen) atoms. The van der Waals surface area contributed by atoms with Gasteiger partial charge in [0.05, 0.1) is 18.6 Å². The largest absolute Gasteiger partial charge is 0.450 e. The van der Waals surface area contributed by atoms with E-state index in [9.17, 15) is 29.7 Å². The summed E-state index contributed by atoms with van der Waals surface area (Å²) in [6.07, 6.45) is 3.15. The van der Waals surface area contributed by atoms with Crippen molar-refractivity contribution >= 4 is 17.5 Å². The van der Waals surface area contributed by atoms with E-state index >= 15 is 0 Å². The van der Waals surface area contributed by atoms with Gasteiger partial charge in [-0.05, 0) is 23.6 Å². The van der Waals surface area contributed by atoms with Crippen LogP contribution in [0.1, 0.15) is 39.7 Å². The van der Waals surface area contributed by atoms with Gasteiger partial charge in [-0.1, -0.05) is 63.3 Å². The number of ether oxygens (including phenoxy) is 1. The maximum Gasteiger partial charge on any atom is 0.311 e. The van der Waals surface area contributed by atoms with Gasteiger partial charge in [-0.15, -0.1) is 0 Å². The van der Waals surface area contributed by atoms with Crippen molar-refractivity contribution in [2.75, 3.05) is 6.61 Å². The molecule has 0 radical (unpaired) electrons. The summed E-state index contributed by atoms with van der Waals surface area (Å²) in [4.78, 5) is 40.0. The number of hydrogen-bond acceptors (Lipinski definition) is 7. The summed E-state index contributed by atoms with van der Waals surface area (Å²) in [5, 5.41) is 33.9. The highest BCUT2D eigenvalue weighted by atomic mass is 16.6. The number of Topliss-reactive ketones (excluding diaryl/α,β-unsaturated/α-hetero) is 2. The number of aliphatic hydroxyl groups excluding tert-OH is 1. The predicted molar refractivity (Wildman–Crippen MR) is 126 cm³/mol. The topological polar surface area (TPSA) is 121 Å². The van der Waals surface area contributed by atoms with Crippen molar-refractivity contribution in [1.82, 2.24) is 0 Å². The number of ketones is 2. The van der Waals surface area contributed by atoms with E-state index in [1.165, 1.54) is 0 Å². The maximum absolute atomic E-state index is 14.0. The molecule has 7 atom stereocenters. The van der Waals surface area contributed by atoms with E-state index in [1.807, 2.05) is 44.2 Å². The van der Waals surface area contributed by atoms with Gasteiger partial charge in [0.25, 0.3) is 0 Å². The Morgan fingerprint density at radius 1 is 1.11 bits per heavy atom. The predicted octanol–water partition coefficient (Wildman–Crippen LogP) is 1.93. The Kier molecular flexibility index (Phi) is 5.13. The Balaban J connectivity index is 1.59. The first kappa shape index (κ1) is 24.1. The monoisotopic (exact) mass is 480 g/mol. The minimum absolute atomic E-state index is 0.0124. The van der Waals surface area contributed by atoms with Crippen LogP contribution in [0.15, 0.2) is 53.6 Å². The number of hydrogen-bond donors (Lipinski definition) is 3. The fourth-order valence-electron chi connectivity index (χ4n) is 7.37. The summed E-state index contributed by atoms with van der Waals surface area (Å²) in [7, 11) is 0. The van der Waals surface area contributed by atoms with Crippen LogP contribution in [-0.4, -0.2) is 56.3 Å². The third-order valence-electron chi connectivity index (χ3n) is 9.20. The number of rotatable bonds is 4. The van der Waals surface area contributed by atoms with Crippen LogP contribution in [0, 0.1) is 29.1 Å². The molecule has 0 spiro atoms. The van der Waals surface area contributed by atoms with Gasteiger partial charge < -0.3 is 20.1 Å². The highest BCUT2D eigenvalue weighted by molar-refractivity contribution is 6.05. The van der Waals surface area contributed by atoms with Crippen molar-refractivity contribution in [2.45, 2.75) is 57.3 Å². The first-order chi connectivity index (χ1) is 16.4. The van der Waals surface area contributed by atoms with E-state index in [2.05, 4.69) is 0 Å². The van der Waals surface area contributed by atoms with Gasteiger partial charge in [0.1, 0.15) is 5.60 Å². The van der Waals surface area contributed by atoms with Crippen molar-refractivity contribution in [1.29, 1.82) is 0 Å². The maximum atomic E-state index is 14.0. The van der Waals surface area contributed by atoms with Gasteiger partial charge in [0.2, 0.25) is 0 Å². The van der Waals surface area contributed by atoms with E-state index in [0.717, 1.165) is 5.56 Å². The molecular formula is C28H32O7. The highest BCUT2D eigenvalue weighted by Crippen LogP contribution is 2.75. The minimum atomic E-state index is -1.94. The molecule has 7 nitrogen and oxygen atoms in total. The summed E-state index contributed by atoms with van der Waals surface area (Å²) < 4.78 is 6.00. The Hall–Kier alpha value is -2.61. The lowest BCUT2D eigenvalue weighted by molar-refractivity contribution is -0.190. The van der Waals surface area contributed by atoms with Gasteiger partial charge in [0.15, 0.2) is 17.2 Å². The zero-order chi connectivity index (χ0) is 25.6. The number of fused-ring (bicyclic) bond motifs is 5. The first-order valence-corrected chi connectivity index (χ1v) is 12.1. The van der Waals surface area contributed by atoms with Gasteiger partial charge in [-0.25, -0.2) is 0 Å². The van der Waals surface area contributed by atoms with Crippen LogP contribution in [0.25, 0.3) is 0 Å². The van der Waals surface area contributed by atoms with Crippen LogP contribution in [0.2, 0.25) is 0 Å². The second-order valence-electron chi connectivity index (χ2n) is 11.3. The van der Waals surface area contributed by atoms with Crippen molar-refractivity contribution in [3.8, 4) is 0 Å². The molecule has 0 unspecified atom stereocenters. The molecule has 4 aliphatic carbocycles. The first-order valence-electron chi connectivity index (χ1n) is 12.1. The van der Waals surface area contributed by atoms with Crippen molar-refractivity contribution < 1.29 is 34.4 Å². The second kappa shape index (κ2) is 7.45. The Morgan fingerprint density at radius 2 is 1.77 bits per heavy atom. The molecular weight excluding hydrogens is 448 g/mol. The zero-order valence-electron chi connectivity index (χ0n) is 20.4. The van der Waals surface area contributed by atoms with Crippen LogP contribution in [0.4, 0.5) is 0 Å². The number of carbonyl (C=O) groups is 3. The van der Waals surface area contributed by atoms with Crippen LogP contribution in [-0.2, 0) is 25.5 Å². The third kappa shape index (κ3) is 2.92. The van der Waals surface area contributed by atoms with Crippen molar-refractivity contribution in [3.63, 3.8) is 0 Å². The highest BCUT2D eigenvalue weighted by Gasteiger charge is 2.87. The molecule has 1 aromatic rings. The average molecular weight is 481 g/mol. The van der Waals surface area contributed by atoms with E-state index in [1.54, 1.807) is 26.0 Å². The fraction of sp³-hybridized carbons (Fsp3) is 0.536. The zero-order valence-corrected chi connectivity index (χ0v) is 20.4. The van der Waals surface area contributed by atoms with E-state index in [4.69, 9.17) is 4.74 Å². The molecule has 7 heteroatoms. The Bertz CT molecular complexity index is 1180. The van der Waals surface area contributed by atoms with E-state index in [0.29, 0.717) is 11.1 Å². The van der Waals surface area contributed by atoms with Gasteiger partial charge in [-0.3, -0.25) is 14.4 Å². The lowest BCUT2D eigenvalue weighted by Gasteiger charge is -2.49. The molecule has 2 fully saturated rings. The molecule has 0 bridgehead atoms. The molecule has 186 valence electrons. The van der Waals surface area contributed by atoms with Crippen LogP contribution >= 0.6 is 0 Å². The molecule has 0 saturated heterocycles. The van der Waals surface area contributed by atoms with E-state index < -0.39 is 70.0 Å². The molecule has 5 rings (SSSR count). The van der Waals surface area contributed by atoms with Crippen LogP contribution in [0.3, 0.4) is 0 Å². The number of benzene rings is 1. The molecule has 0 aliphatic heterocycles. The van der Waals surface area contributed by atoms with E-state index in [-0.39, 0.29) is 12.8 Å². The smallest absolute Gasteiger partial charge is 0.311 e. The second-order valence-corrected chi connectivity index (χ2v) is 11.3. The lowest BCUT2D eigenvalue weighted by Crippen LogP contribution is -2.64. The number of aliphatic hydroxyl groups is 3. The molecule has 0 amide bonds. The van der Waals surface area contributed by atoms with Gasteiger partial charge in [-0.2, -0.15) is 0 Å². The molecule has 1 aromatic carbocycles. The molecule has 2 saturated carbocycles. The Labute approximate surface area is 204 Å². The number of esters is 1. The molecule has 0 aromatic heterocycles. The SMILES string of the molecule is CC1=C[C@H]2[C@@]3(O)[C@H](C)C(=O)[C@]4(OC(=O)Cc5ccccc5)[C@H]([C@@H]3C=C(CO)C[C@]2(O)C1=O)C4(C)C. The van der Waals surface area contributed by atoms with Crippen molar-refractivity contribution in [2.24, 2.45) is 29.1 Å².